The zero-order chi connectivity index (χ0) is 14.8. The largest absolute Gasteiger partial charge is 0.392 e. The molecule has 1 heterocycles. The fourth-order valence-corrected chi connectivity index (χ4v) is 3.09. The van der Waals surface area contributed by atoms with Crippen LogP contribution in [0.15, 0.2) is 0 Å². The molecule has 1 aromatic rings. The second kappa shape index (κ2) is 6.19. The number of nitrogens with one attached hydrogen (secondary N) is 1. The normalized spacial score (nSPS) is 19.4. The van der Waals surface area contributed by atoms with E-state index in [4.69, 9.17) is 0 Å². The molecule has 0 saturated carbocycles. The molecule has 2 rings (SSSR count). The van der Waals surface area contributed by atoms with Gasteiger partial charge >= 0.3 is 6.18 Å². The van der Waals surface area contributed by atoms with Crippen LogP contribution in [-0.2, 0) is 12.8 Å². The molecular formula is C15H23F3N2. The van der Waals surface area contributed by atoms with E-state index >= 15 is 0 Å². The Hall–Kier alpha value is -1.00. The molecule has 0 fully saturated rings. The van der Waals surface area contributed by atoms with E-state index in [1.165, 1.54) is 0 Å². The van der Waals surface area contributed by atoms with Gasteiger partial charge in [0.05, 0.1) is 11.6 Å². The lowest BCUT2D eigenvalue weighted by molar-refractivity contribution is -0.177. The number of hydrogen-bond donors (Lipinski definition) is 1. The summed E-state index contributed by atoms with van der Waals surface area (Å²) >= 11 is 0. The molecule has 0 bridgehead atoms. The van der Waals surface area contributed by atoms with Gasteiger partial charge in [-0.3, -0.25) is 0 Å². The van der Waals surface area contributed by atoms with Gasteiger partial charge < -0.3 is 4.98 Å². The van der Waals surface area contributed by atoms with Crippen LogP contribution in [0.2, 0.25) is 0 Å². The molecule has 1 aliphatic rings. The van der Waals surface area contributed by atoms with Crippen LogP contribution in [0.3, 0.4) is 0 Å². The van der Waals surface area contributed by atoms with Crippen molar-refractivity contribution in [3.05, 3.63) is 17.2 Å². The molecule has 0 spiro atoms. The molecule has 1 N–H and O–H groups in total. The summed E-state index contributed by atoms with van der Waals surface area (Å²) in [6.07, 6.45) is 0.828. The maximum atomic E-state index is 12.8. The van der Waals surface area contributed by atoms with Crippen molar-refractivity contribution in [2.45, 2.75) is 70.9 Å². The summed E-state index contributed by atoms with van der Waals surface area (Å²) in [6, 6.07) is 0. The number of aromatic nitrogens is 2. The van der Waals surface area contributed by atoms with Gasteiger partial charge in [0.2, 0.25) is 0 Å². The highest BCUT2D eigenvalue weighted by molar-refractivity contribution is 5.20. The van der Waals surface area contributed by atoms with Gasteiger partial charge in [-0.15, -0.1) is 0 Å². The molecule has 1 unspecified atom stereocenters. The number of nitrogens with zero attached hydrogens (tertiary/aromatic N) is 1. The Morgan fingerprint density at radius 2 is 1.90 bits per heavy atom. The standard InChI is InChI=1S/C15H23F3N2/c1-3-5-10(6-4-2)14-19-12-8-7-11(15(16,17)18)9-13(12)20-14/h10-11H,3-9H2,1-2H3,(H,19,20). The highest BCUT2D eigenvalue weighted by Gasteiger charge is 2.42. The van der Waals surface area contributed by atoms with Crippen molar-refractivity contribution in [3.8, 4) is 0 Å². The zero-order valence-electron chi connectivity index (χ0n) is 12.2. The smallest absolute Gasteiger partial charge is 0.345 e. The van der Waals surface area contributed by atoms with Crippen LogP contribution >= 0.6 is 0 Å². The predicted molar refractivity (Wildman–Crippen MR) is 72.7 cm³/mol. The topological polar surface area (TPSA) is 28.7 Å². The fraction of sp³-hybridized carbons (Fsp3) is 0.800. The van der Waals surface area contributed by atoms with Gasteiger partial charge in [-0.25, -0.2) is 4.98 Å². The molecule has 5 heteroatoms. The summed E-state index contributed by atoms with van der Waals surface area (Å²) in [5, 5.41) is 0. The van der Waals surface area contributed by atoms with Crippen molar-refractivity contribution < 1.29 is 13.2 Å². The summed E-state index contributed by atoms with van der Waals surface area (Å²) in [5.74, 6) is 0.0561. The van der Waals surface area contributed by atoms with Crippen molar-refractivity contribution >= 4 is 0 Å². The maximum absolute atomic E-state index is 12.8. The zero-order valence-corrected chi connectivity index (χ0v) is 12.2. The Labute approximate surface area is 118 Å². The van der Waals surface area contributed by atoms with Crippen LogP contribution in [0, 0.1) is 5.92 Å². The molecule has 114 valence electrons. The van der Waals surface area contributed by atoms with E-state index in [0.29, 0.717) is 18.0 Å². The Balaban J connectivity index is 2.15. The van der Waals surface area contributed by atoms with Gasteiger partial charge in [0, 0.05) is 18.0 Å². The van der Waals surface area contributed by atoms with Crippen molar-refractivity contribution in [2.24, 2.45) is 5.92 Å². The van der Waals surface area contributed by atoms with Gasteiger partial charge in [-0.05, 0) is 25.7 Å². The lowest BCUT2D eigenvalue weighted by atomic mass is 9.89. The van der Waals surface area contributed by atoms with E-state index in [1.54, 1.807) is 0 Å². The lowest BCUT2D eigenvalue weighted by Crippen LogP contribution is -2.28. The van der Waals surface area contributed by atoms with Crippen molar-refractivity contribution in [3.63, 3.8) is 0 Å². The average molecular weight is 288 g/mol. The van der Waals surface area contributed by atoms with E-state index in [0.717, 1.165) is 37.2 Å². The minimum Gasteiger partial charge on any atom is -0.345 e. The number of halogens is 3. The van der Waals surface area contributed by atoms with Crippen LogP contribution in [0.25, 0.3) is 0 Å². The van der Waals surface area contributed by atoms with Gasteiger partial charge in [-0.2, -0.15) is 13.2 Å². The average Bonchev–Trinajstić information content (AvgIpc) is 2.80. The van der Waals surface area contributed by atoms with Crippen molar-refractivity contribution in [1.29, 1.82) is 0 Å². The SMILES string of the molecule is CCCC(CCC)c1nc2c([nH]1)CC(C(F)(F)F)CC2. The molecule has 1 aromatic heterocycles. The third kappa shape index (κ3) is 3.36. The molecule has 1 atom stereocenters. The van der Waals surface area contributed by atoms with E-state index in [-0.39, 0.29) is 12.8 Å². The number of aryl methyl sites for hydroxylation is 1. The Bertz CT molecular complexity index is 431. The molecule has 2 nitrogen and oxygen atoms in total. The summed E-state index contributed by atoms with van der Waals surface area (Å²) in [5.41, 5.74) is 1.57. The Morgan fingerprint density at radius 1 is 1.25 bits per heavy atom. The van der Waals surface area contributed by atoms with E-state index < -0.39 is 12.1 Å². The quantitative estimate of drug-likeness (QED) is 0.831. The summed E-state index contributed by atoms with van der Waals surface area (Å²) in [6.45, 7) is 4.26. The van der Waals surface area contributed by atoms with Gasteiger partial charge in [0.15, 0.2) is 0 Å². The maximum Gasteiger partial charge on any atom is 0.392 e. The number of H-pyrrole nitrogens is 1. The first-order chi connectivity index (χ1) is 9.45. The number of fused-ring (bicyclic) bond motifs is 1. The van der Waals surface area contributed by atoms with E-state index in [1.807, 2.05) is 0 Å². The number of alkyl halides is 3. The number of rotatable bonds is 5. The molecule has 0 aliphatic heterocycles. The van der Waals surface area contributed by atoms with E-state index in [9.17, 15) is 13.2 Å². The summed E-state index contributed by atoms with van der Waals surface area (Å²) in [4.78, 5) is 7.78. The minimum absolute atomic E-state index is 0.0663. The first-order valence-corrected chi connectivity index (χ1v) is 7.60. The molecule has 0 aromatic carbocycles. The number of aromatic amines is 1. The van der Waals surface area contributed by atoms with Gasteiger partial charge in [0.1, 0.15) is 5.82 Å². The minimum atomic E-state index is -4.09. The second-order valence-corrected chi connectivity index (χ2v) is 5.80. The molecule has 0 saturated heterocycles. The van der Waals surface area contributed by atoms with Crippen LogP contribution in [0.5, 0.6) is 0 Å². The molecule has 20 heavy (non-hydrogen) atoms. The van der Waals surface area contributed by atoms with Crippen LogP contribution in [0.4, 0.5) is 13.2 Å². The Kier molecular flexibility index (Phi) is 4.76. The van der Waals surface area contributed by atoms with Crippen molar-refractivity contribution in [2.75, 3.05) is 0 Å². The highest BCUT2D eigenvalue weighted by atomic mass is 19.4. The van der Waals surface area contributed by atoms with Gasteiger partial charge in [-0.1, -0.05) is 26.7 Å². The molecular weight excluding hydrogens is 265 g/mol. The molecule has 0 amide bonds. The Morgan fingerprint density at radius 3 is 2.45 bits per heavy atom. The van der Waals surface area contributed by atoms with Crippen LogP contribution in [0.1, 0.15) is 69.1 Å². The van der Waals surface area contributed by atoms with Crippen molar-refractivity contribution in [1.82, 2.24) is 9.97 Å². The van der Waals surface area contributed by atoms with Crippen LogP contribution < -0.4 is 0 Å². The predicted octanol–water partition coefficient (Wildman–Crippen LogP) is 4.76. The number of imidazole rings is 1. The monoisotopic (exact) mass is 288 g/mol. The van der Waals surface area contributed by atoms with E-state index in [2.05, 4.69) is 23.8 Å². The lowest BCUT2D eigenvalue weighted by Gasteiger charge is -2.23. The summed E-state index contributed by atoms with van der Waals surface area (Å²) in [7, 11) is 0. The first kappa shape index (κ1) is 15.4. The fourth-order valence-electron chi connectivity index (χ4n) is 3.09. The molecule has 1 aliphatic carbocycles. The highest BCUT2D eigenvalue weighted by Crippen LogP contribution is 2.37. The number of hydrogen-bond acceptors (Lipinski definition) is 1. The third-order valence-electron chi connectivity index (χ3n) is 4.19. The third-order valence-corrected chi connectivity index (χ3v) is 4.19. The molecule has 0 radical (unpaired) electrons. The van der Waals surface area contributed by atoms with Gasteiger partial charge in [0.25, 0.3) is 0 Å². The van der Waals surface area contributed by atoms with Crippen LogP contribution in [-0.4, -0.2) is 16.1 Å². The first-order valence-electron chi connectivity index (χ1n) is 7.60. The summed E-state index contributed by atoms with van der Waals surface area (Å²) < 4.78 is 38.4. The second-order valence-electron chi connectivity index (χ2n) is 5.80.